The van der Waals surface area contributed by atoms with Gasteiger partial charge in [0.2, 0.25) is 11.8 Å². The molecule has 3 aromatic rings. The second-order valence-electron chi connectivity index (χ2n) is 9.25. The van der Waals surface area contributed by atoms with Crippen molar-refractivity contribution in [1.82, 2.24) is 10.2 Å². The van der Waals surface area contributed by atoms with Crippen molar-refractivity contribution in [2.45, 2.75) is 44.3 Å². The largest absolute Gasteiger partial charge is 0.495 e. The van der Waals surface area contributed by atoms with Crippen molar-refractivity contribution >= 4 is 62.3 Å². The van der Waals surface area contributed by atoms with E-state index in [1.165, 1.54) is 42.3 Å². The van der Waals surface area contributed by atoms with Gasteiger partial charge in [0.25, 0.3) is 10.0 Å². The molecule has 0 unspecified atom stereocenters. The molecule has 0 aliphatic rings. The molecule has 214 valence electrons. The number of sulfonamides is 1. The molecule has 1 atom stereocenters. The number of carbonyl (C=O) groups excluding carboxylic acids is 2. The standard InChI is InChI=1S/C28H30Cl3N3O5S/c1-18(2)32-28(36)19(3)33(16-20-10-12-23(29)24(30)14-20)27(35)17-34(21-11-13-26(39-4)25(31)15-21)40(37,38)22-8-6-5-7-9-22/h5-15,18-19H,16-17H2,1-4H3,(H,32,36)/t19-/m0/s1. The van der Waals surface area contributed by atoms with Crippen LogP contribution in [0.15, 0.2) is 71.6 Å². The molecule has 40 heavy (non-hydrogen) atoms. The number of nitrogens with one attached hydrogen (secondary N) is 1. The first-order chi connectivity index (χ1) is 18.8. The van der Waals surface area contributed by atoms with E-state index in [2.05, 4.69) is 5.32 Å². The quantitative estimate of drug-likeness (QED) is 0.291. The molecule has 0 aliphatic carbocycles. The molecule has 8 nitrogen and oxygen atoms in total. The molecule has 1 N–H and O–H groups in total. The van der Waals surface area contributed by atoms with Crippen LogP contribution in [0.5, 0.6) is 5.75 Å². The second-order valence-corrected chi connectivity index (χ2v) is 12.3. The smallest absolute Gasteiger partial charge is 0.264 e. The first-order valence-corrected chi connectivity index (χ1v) is 14.9. The average Bonchev–Trinajstić information content (AvgIpc) is 2.91. The van der Waals surface area contributed by atoms with Gasteiger partial charge >= 0.3 is 0 Å². The maximum atomic E-state index is 13.9. The van der Waals surface area contributed by atoms with Crippen LogP contribution in [0.25, 0.3) is 0 Å². The number of carbonyl (C=O) groups is 2. The van der Waals surface area contributed by atoms with Gasteiger partial charge in [-0.05, 0) is 68.8 Å². The van der Waals surface area contributed by atoms with Gasteiger partial charge < -0.3 is 15.0 Å². The predicted molar refractivity (Wildman–Crippen MR) is 159 cm³/mol. The highest BCUT2D eigenvalue weighted by Crippen LogP contribution is 2.32. The zero-order chi connectivity index (χ0) is 29.6. The van der Waals surface area contributed by atoms with Gasteiger partial charge in [-0.2, -0.15) is 0 Å². The van der Waals surface area contributed by atoms with Crippen molar-refractivity contribution < 1.29 is 22.7 Å². The minimum absolute atomic E-state index is 0.0172. The second kappa shape index (κ2) is 13.6. The number of hydrogen-bond acceptors (Lipinski definition) is 5. The molecule has 3 aromatic carbocycles. The summed E-state index contributed by atoms with van der Waals surface area (Å²) in [5.74, 6) is -0.675. The summed E-state index contributed by atoms with van der Waals surface area (Å²) in [5, 5.41) is 3.59. The highest BCUT2D eigenvalue weighted by atomic mass is 35.5. The van der Waals surface area contributed by atoms with Crippen LogP contribution in [-0.2, 0) is 26.2 Å². The Kier molecular flexibility index (Phi) is 10.7. The van der Waals surface area contributed by atoms with Crippen LogP contribution in [0.2, 0.25) is 15.1 Å². The Balaban J connectivity index is 2.07. The third-order valence-electron chi connectivity index (χ3n) is 5.97. The predicted octanol–water partition coefficient (Wildman–Crippen LogP) is 5.79. The third kappa shape index (κ3) is 7.60. The third-order valence-corrected chi connectivity index (χ3v) is 8.79. The number of nitrogens with zero attached hydrogens (tertiary/aromatic N) is 2. The van der Waals surface area contributed by atoms with E-state index in [9.17, 15) is 18.0 Å². The monoisotopic (exact) mass is 625 g/mol. The lowest BCUT2D eigenvalue weighted by Gasteiger charge is -2.32. The number of ether oxygens (including phenoxy) is 1. The Bertz CT molecular complexity index is 1470. The van der Waals surface area contributed by atoms with Crippen LogP contribution in [-0.4, -0.2) is 50.9 Å². The molecular weight excluding hydrogens is 597 g/mol. The Labute approximate surface area is 249 Å². The number of amides is 2. The van der Waals surface area contributed by atoms with Gasteiger partial charge in [-0.3, -0.25) is 13.9 Å². The average molecular weight is 627 g/mol. The van der Waals surface area contributed by atoms with E-state index in [1.807, 2.05) is 0 Å². The van der Waals surface area contributed by atoms with E-state index in [1.54, 1.807) is 57.2 Å². The van der Waals surface area contributed by atoms with Gasteiger partial charge in [0.15, 0.2) is 0 Å². The fourth-order valence-corrected chi connectivity index (χ4v) is 5.88. The normalized spacial score (nSPS) is 12.1. The molecule has 0 fully saturated rings. The number of methoxy groups -OCH3 is 1. The number of hydrogen-bond donors (Lipinski definition) is 1. The van der Waals surface area contributed by atoms with Crippen LogP contribution < -0.4 is 14.4 Å². The SMILES string of the molecule is COc1ccc(N(CC(=O)N(Cc2ccc(Cl)c(Cl)c2)[C@@H](C)C(=O)NC(C)C)S(=O)(=O)c2ccccc2)cc1Cl. The van der Waals surface area contributed by atoms with Crippen LogP contribution in [0.1, 0.15) is 26.3 Å². The van der Waals surface area contributed by atoms with Crippen LogP contribution in [0, 0.1) is 0 Å². The lowest BCUT2D eigenvalue weighted by Crippen LogP contribution is -2.52. The Morgan fingerprint density at radius 1 is 0.900 bits per heavy atom. The lowest BCUT2D eigenvalue weighted by molar-refractivity contribution is -0.139. The van der Waals surface area contributed by atoms with Crippen LogP contribution >= 0.6 is 34.8 Å². The van der Waals surface area contributed by atoms with E-state index < -0.39 is 34.4 Å². The highest BCUT2D eigenvalue weighted by molar-refractivity contribution is 7.92. The van der Waals surface area contributed by atoms with Gasteiger partial charge in [-0.15, -0.1) is 0 Å². The number of rotatable bonds is 11. The molecule has 0 aliphatic heterocycles. The Hall–Kier alpha value is -2.98. The molecule has 0 bridgehead atoms. The zero-order valence-electron chi connectivity index (χ0n) is 22.4. The summed E-state index contributed by atoms with van der Waals surface area (Å²) in [4.78, 5) is 28.2. The fourth-order valence-electron chi connectivity index (χ4n) is 3.88. The van der Waals surface area contributed by atoms with Crippen molar-refractivity contribution in [1.29, 1.82) is 0 Å². The number of halogens is 3. The summed E-state index contributed by atoms with van der Waals surface area (Å²) in [7, 11) is -2.78. The van der Waals surface area contributed by atoms with E-state index in [-0.39, 0.29) is 33.2 Å². The van der Waals surface area contributed by atoms with Crippen LogP contribution in [0.3, 0.4) is 0 Å². The summed E-state index contributed by atoms with van der Waals surface area (Å²) in [6, 6.07) is 15.9. The van der Waals surface area contributed by atoms with E-state index in [0.29, 0.717) is 16.3 Å². The summed E-state index contributed by atoms with van der Waals surface area (Å²) < 4.78 is 33.8. The van der Waals surface area contributed by atoms with Crippen molar-refractivity contribution in [3.63, 3.8) is 0 Å². The summed E-state index contributed by atoms with van der Waals surface area (Å²) in [5.41, 5.74) is 0.758. The summed E-state index contributed by atoms with van der Waals surface area (Å²) in [6.07, 6.45) is 0. The highest BCUT2D eigenvalue weighted by Gasteiger charge is 2.33. The van der Waals surface area contributed by atoms with E-state index >= 15 is 0 Å². The number of benzene rings is 3. The molecule has 12 heteroatoms. The van der Waals surface area contributed by atoms with E-state index in [0.717, 1.165) is 4.31 Å². The van der Waals surface area contributed by atoms with Crippen molar-refractivity contribution in [3.05, 3.63) is 87.4 Å². The van der Waals surface area contributed by atoms with E-state index in [4.69, 9.17) is 39.5 Å². The molecule has 0 aromatic heterocycles. The minimum Gasteiger partial charge on any atom is -0.495 e. The molecule has 0 saturated carbocycles. The molecule has 0 spiro atoms. The number of anilines is 1. The topological polar surface area (TPSA) is 96.0 Å². The van der Waals surface area contributed by atoms with Gasteiger partial charge in [0.05, 0.1) is 32.8 Å². The molecular formula is C28H30Cl3N3O5S. The van der Waals surface area contributed by atoms with Gasteiger partial charge in [-0.25, -0.2) is 8.42 Å². The zero-order valence-corrected chi connectivity index (χ0v) is 25.5. The summed E-state index contributed by atoms with van der Waals surface area (Å²) in [6.45, 7) is 4.55. The Morgan fingerprint density at radius 3 is 2.15 bits per heavy atom. The molecule has 0 saturated heterocycles. The molecule has 2 amide bonds. The maximum Gasteiger partial charge on any atom is 0.264 e. The first kappa shape index (κ1) is 31.5. The van der Waals surface area contributed by atoms with Gasteiger partial charge in [0.1, 0.15) is 18.3 Å². The summed E-state index contributed by atoms with van der Waals surface area (Å²) >= 11 is 18.6. The minimum atomic E-state index is -4.22. The molecule has 0 radical (unpaired) electrons. The molecule has 3 rings (SSSR count). The van der Waals surface area contributed by atoms with Crippen molar-refractivity contribution in [3.8, 4) is 5.75 Å². The van der Waals surface area contributed by atoms with Crippen molar-refractivity contribution in [2.75, 3.05) is 18.0 Å². The maximum absolute atomic E-state index is 13.9. The van der Waals surface area contributed by atoms with Crippen molar-refractivity contribution in [2.24, 2.45) is 0 Å². The van der Waals surface area contributed by atoms with Crippen LogP contribution in [0.4, 0.5) is 5.69 Å². The molecule has 0 heterocycles. The van der Waals surface area contributed by atoms with Gasteiger partial charge in [0, 0.05) is 12.6 Å². The first-order valence-electron chi connectivity index (χ1n) is 12.3. The van der Waals surface area contributed by atoms with Gasteiger partial charge in [-0.1, -0.05) is 59.1 Å². The lowest BCUT2D eigenvalue weighted by atomic mass is 10.1. The fraction of sp³-hybridized carbons (Fsp3) is 0.286. The Morgan fingerprint density at radius 2 is 1.57 bits per heavy atom.